The van der Waals surface area contributed by atoms with Crippen molar-refractivity contribution in [1.29, 1.82) is 0 Å². The Labute approximate surface area is 137 Å². The summed E-state index contributed by atoms with van der Waals surface area (Å²) in [7, 11) is 0. The van der Waals surface area contributed by atoms with E-state index < -0.39 is 0 Å². The van der Waals surface area contributed by atoms with Crippen molar-refractivity contribution in [2.75, 3.05) is 6.54 Å². The van der Waals surface area contributed by atoms with Gasteiger partial charge in [-0.15, -0.1) is 11.3 Å². The molecule has 3 aromatic heterocycles. The first-order valence-electron chi connectivity index (χ1n) is 7.39. The first kappa shape index (κ1) is 14.0. The smallest absolute Gasteiger partial charge is 0.256 e. The van der Waals surface area contributed by atoms with Crippen LogP contribution in [0.3, 0.4) is 0 Å². The number of pyridine rings is 2. The lowest BCUT2D eigenvalue weighted by atomic mass is 10.2. The van der Waals surface area contributed by atoms with Crippen molar-refractivity contribution in [3.05, 3.63) is 65.2 Å². The van der Waals surface area contributed by atoms with Crippen LogP contribution in [0, 0.1) is 0 Å². The second kappa shape index (κ2) is 5.89. The molecule has 0 radical (unpaired) electrons. The number of carbonyl (C=O) groups is 1. The van der Waals surface area contributed by atoms with Gasteiger partial charge in [-0.3, -0.25) is 14.8 Å². The molecule has 0 aliphatic carbocycles. The topological polar surface area (TPSA) is 59.0 Å². The van der Waals surface area contributed by atoms with Gasteiger partial charge in [0.2, 0.25) is 0 Å². The minimum atomic E-state index is 0.0656. The second-order valence-electron chi connectivity index (χ2n) is 5.36. The molecule has 6 heteroatoms. The molecule has 0 aromatic carbocycles. The normalized spacial score (nSPS) is 13.4. The van der Waals surface area contributed by atoms with Crippen LogP contribution in [0.5, 0.6) is 0 Å². The largest absolute Gasteiger partial charge is 0.332 e. The van der Waals surface area contributed by atoms with Crippen molar-refractivity contribution in [2.24, 2.45) is 0 Å². The molecule has 1 aliphatic rings. The fourth-order valence-corrected chi connectivity index (χ4v) is 3.50. The Kier molecular flexibility index (Phi) is 3.59. The van der Waals surface area contributed by atoms with Crippen LogP contribution < -0.4 is 0 Å². The molecule has 4 rings (SSSR count). The van der Waals surface area contributed by atoms with Crippen LogP contribution in [0.15, 0.2) is 48.2 Å². The van der Waals surface area contributed by atoms with E-state index in [1.807, 2.05) is 34.7 Å². The number of thiazole rings is 1. The highest BCUT2D eigenvalue weighted by Gasteiger charge is 2.27. The zero-order chi connectivity index (χ0) is 15.6. The minimum absolute atomic E-state index is 0.0656. The van der Waals surface area contributed by atoms with E-state index in [-0.39, 0.29) is 5.91 Å². The van der Waals surface area contributed by atoms with Gasteiger partial charge >= 0.3 is 0 Å². The summed E-state index contributed by atoms with van der Waals surface area (Å²) in [5.74, 6) is 0.0656. The number of nitrogens with zero attached hydrogens (tertiary/aromatic N) is 4. The van der Waals surface area contributed by atoms with Gasteiger partial charge in [0.05, 0.1) is 23.5 Å². The summed E-state index contributed by atoms with van der Waals surface area (Å²) in [5, 5.41) is 3.01. The molecule has 23 heavy (non-hydrogen) atoms. The van der Waals surface area contributed by atoms with E-state index in [0.29, 0.717) is 13.1 Å². The SMILES string of the molecule is O=C1c2cccnc2CN1CCc1csc(-c2cccnc2)n1. The summed E-state index contributed by atoms with van der Waals surface area (Å²) in [6.07, 6.45) is 6.05. The zero-order valence-corrected chi connectivity index (χ0v) is 13.2. The maximum atomic E-state index is 12.3. The van der Waals surface area contributed by atoms with Gasteiger partial charge in [0, 0.05) is 42.5 Å². The van der Waals surface area contributed by atoms with Gasteiger partial charge in [0.15, 0.2) is 0 Å². The molecule has 0 N–H and O–H groups in total. The third-order valence-corrected chi connectivity index (χ3v) is 4.79. The van der Waals surface area contributed by atoms with Crippen molar-refractivity contribution in [2.45, 2.75) is 13.0 Å². The molecule has 0 bridgehead atoms. The summed E-state index contributed by atoms with van der Waals surface area (Å²) in [6.45, 7) is 1.25. The highest BCUT2D eigenvalue weighted by Crippen LogP contribution is 2.24. The summed E-state index contributed by atoms with van der Waals surface area (Å²) in [5.41, 5.74) is 3.62. The van der Waals surface area contributed by atoms with Crippen molar-refractivity contribution in [3.63, 3.8) is 0 Å². The van der Waals surface area contributed by atoms with Crippen LogP contribution in [-0.4, -0.2) is 32.3 Å². The van der Waals surface area contributed by atoms with Gasteiger partial charge in [-0.1, -0.05) is 0 Å². The summed E-state index contributed by atoms with van der Waals surface area (Å²) in [6, 6.07) is 7.56. The number of carbonyl (C=O) groups excluding carboxylic acids is 1. The molecule has 1 aliphatic heterocycles. The van der Waals surface area contributed by atoms with E-state index in [0.717, 1.165) is 33.9 Å². The Hall–Kier alpha value is -2.60. The van der Waals surface area contributed by atoms with Crippen molar-refractivity contribution in [1.82, 2.24) is 19.9 Å². The van der Waals surface area contributed by atoms with Crippen LogP contribution in [0.25, 0.3) is 10.6 Å². The molecule has 3 aromatic rings. The number of amides is 1. The Balaban J connectivity index is 1.43. The number of hydrogen-bond donors (Lipinski definition) is 0. The molecule has 0 saturated heterocycles. The predicted molar refractivity (Wildman–Crippen MR) is 88.0 cm³/mol. The van der Waals surface area contributed by atoms with E-state index in [1.165, 1.54) is 0 Å². The van der Waals surface area contributed by atoms with Crippen molar-refractivity contribution < 1.29 is 4.79 Å². The van der Waals surface area contributed by atoms with Gasteiger partial charge in [-0.2, -0.15) is 0 Å². The second-order valence-corrected chi connectivity index (χ2v) is 6.22. The summed E-state index contributed by atoms with van der Waals surface area (Å²) < 4.78 is 0. The quantitative estimate of drug-likeness (QED) is 0.741. The average Bonchev–Trinajstić information content (AvgIpc) is 3.19. The molecule has 0 spiro atoms. The number of fused-ring (bicyclic) bond motifs is 1. The molecule has 0 unspecified atom stereocenters. The molecule has 1 amide bonds. The fourth-order valence-electron chi connectivity index (χ4n) is 2.66. The molecule has 4 heterocycles. The molecular formula is C17H14N4OS. The lowest BCUT2D eigenvalue weighted by Gasteiger charge is -2.13. The maximum absolute atomic E-state index is 12.3. The van der Waals surface area contributed by atoms with Gasteiger partial charge < -0.3 is 4.90 Å². The monoisotopic (exact) mass is 322 g/mol. The number of rotatable bonds is 4. The summed E-state index contributed by atoms with van der Waals surface area (Å²) in [4.78, 5) is 27.2. The van der Waals surface area contributed by atoms with E-state index in [1.54, 1.807) is 29.8 Å². The predicted octanol–water partition coefficient (Wildman–Crippen LogP) is 2.80. The molecule has 0 atom stereocenters. The lowest BCUT2D eigenvalue weighted by molar-refractivity contribution is 0.0779. The van der Waals surface area contributed by atoms with E-state index in [2.05, 4.69) is 15.0 Å². The van der Waals surface area contributed by atoms with Crippen LogP contribution in [0.4, 0.5) is 0 Å². The Morgan fingerprint density at radius 3 is 2.96 bits per heavy atom. The van der Waals surface area contributed by atoms with Crippen LogP contribution in [0.2, 0.25) is 0 Å². The van der Waals surface area contributed by atoms with Crippen LogP contribution >= 0.6 is 11.3 Å². The minimum Gasteiger partial charge on any atom is -0.332 e. The average molecular weight is 322 g/mol. The molecule has 0 fully saturated rings. The van der Waals surface area contributed by atoms with E-state index in [9.17, 15) is 4.79 Å². The van der Waals surface area contributed by atoms with E-state index in [4.69, 9.17) is 0 Å². The van der Waals surface area contributed by atoms with Crippen molar-refractivity contribution >= 4 is 17.2 Å². The van der Waals surface area contributed by atoms with E-state index >= 15 is 0 Å². The highest BCUT2D eigenvalue weighted by molar-refractivity contribution is 7.13. The van der Waals surface area contributed by atoms with Crippen molar-refractivity contribution in [3.8, 4) is 10.6 Å². The highest BCUT2D eigenvalue weighted by atomic mass is 32.1. The third-order valence-electron chi connectivity index (χ3n) is 3.85. The summed E-state index contributed by atoms with van der Waals surface area (Å²) >= 11 is 1.61. The third kappa shape index (κ3) is 2.73. The van der Waals surface area contributed by atoms with Gasteiger partial charge in [0.1, 0.15) is 5.01 Å². The molecule has 114 valence electrons. The number of hydrogen-bond acceptors (Lipinski definition) is 5. The molecule has 0 saturated carbocycles. The first-order chi connectivity index (χ1) is 11.3. The lowest BCUT2D eigenvalue weighted by Crippen LogP contribution is -2.26. The molecular weight excluding hydrogens is 308 g/mol. The molecule has 5 nitrogen and oxygen atoms in total. The first-order valence-corrected chi connectivity index (χ1v) is 8.27. The fraction of sp³-hybridized carbons (Fsp3) is 0.176. The van der Waals surface area contributed by atoms with Gasteiger partial charge in [-0.25, -0.2) is 4.98 Å². The Morgan fingerprint density at radius 1 is 1.22 bits per heavy atom. The Bertz CT molecular complexity index is 847. The maximum Gasteiger partial charge on any atom is 0.256 e. The standard InChI is InChI=1S/C17H14N4OS/c22-17-14-4-2-7-19-15(14)10-21(17)8-5-13-11-23-16(20-13)12-3-1-6-18-9-12/h1-4,6-7,9,11H,5,8,10H2. The zero-order valence-electron chi connectivity index (χ0n) is 12.3. The van der Waals surface area contributed by atoms with Crippen LogP contribution in [-0.2, 0) is 13.0 Å². The Morgan fingerprint density at radius 2 is 2.13 bits per heavy atom. The van der Waals surface area contributed by atoms with Gasteiger partial charge in [0.25, 0.3) is 5.91 Å². The van der Waals surface area contributed by atoms with Gasteiger partial charge in [-0.05, 0) is 24.3 Å². The number of aromatic nitrogens is 3. The van der Waals surface area contributed by atoms with Crippen LogP contribution in [0.1, 0.15) is 21.7 Å².